The molecule has 0 aliphatic heterocycles. The third kappa shape index (κ3) is 6.15. The van der Waals surface area contributed by atoms with Gasteiger partial charge in [-0.2, -0.15) is 0 Å². The Hall–Kier alpha value is -1.90. The Kier molecular flexibility index (Phi) is 7.42. The van der Waals surface area contributed by atoms with Crippen LogP contribution in [0, 0.1) is 0 Å². The van der Waals surface area contributed by atoms with Gasteiger partial charge in [-0.15, -0.1) is 0 Å². The molecular formula is C17H16Br2N2O4. The molecule has 0 spiro atoms. The van der Waals surface area contributed by atoms with Crippen LogP contribution in [0.15, 0.2) is 55.7 Å². The van der Waals surface area contributed by atoms with Gasteiger partial charge >= 0.3 is 0 Å². The highest BCUT2D eigenvalue weighted by Gasteiger charge is 2.16. The Bertz CT molecular complexity index is 769. The van der Waals surface area contributed by atoms with Gasteiger partial charge in [-0.1, -0.05) is 28.1 Å². The van der Waals surface area contributed by atoms with Crippen LogP contribution in [0.3, 0.4) is 0 Å². The van der Waals surface area contributed by atoms with E-state index < -0.39 is 11.8 Å². The van der Waals surface area contributed by atoms with E-state index in [0.29, 0.717) is 17.6 Å². The summed E-state index contributed by atoms with van der Waals surface area (Å²) in [6.45, 7) is 0.272. The predicted octanol–water partition coefficient (Wildman–Crippen LogP) is 3.07. The summed E-state index contributed by atoms with van der Waals surface area (Å²) < 4.78 is 6.52. The normalized spacial score (nSPS) is 11.2. The van der Waals surface area contributed by atoms with Gasteiger partial charge in [0.1, 0.15) is 5.70 Å². The molecule has 0 radical (unpaired) electrons. The molecule has 8 heteroatoms. The first-order valence-corrected chi connectivity index (χ1v) is 9.01. The number of carbonyl (C=O) groups excluding carboxylic acids is 2. The van der Waals surface area contributed by atoms with E-state index in [1.807, 2.05) is 12.1 Å². The zero-order chi connectivity index (χ0) is 18.2. The number of nitrogens with one attached hydrogen (secondary N) is 2. The van der Waals surface area contributed by atoms with Crippen LogP contribution in [0.1, 0.15) is 22.5 Å². The summed E-state index contributed by atoms with van der Waals surface area (Å²) in [4.78, 5) is 24.6. The monoisotopic (exact) mass is 470 g/mol. The van der Waals surface area contributed by atoms with E-state index in [-0.39, 0.29) is 18.1 Å². The molecule has 1 heterocycles. The average molecular weight is 472 g/mol. The quantitative estimate of drug-likeness (QED) is 0.427. The summed E-state index contributed by atoms with van der Waals surface area (Å²) in [6.07, 6.45) is 1.99. The Morgan fingerprint density at radius 1 is 1.12 bits per heavy atom. The lowest BCUT2D eigenvalue weighted by atomic mass is 10.2. The largest absolute Gasteiger partial charge is 0.444 e. The van der Waals surface area contributed by atoms with Crippen molar-refractivity contribution >= 4 is 49.8 Å². The average Bonchev–Trinajstić information content (AvgIpc) is 3.03. The van der Waals surface area contributed by atoms with Crippen molar-refractivity contribution in [1.29, 1.82) is 0 Å². The fourth-order valence-electron chi connectivity index (χ4n) is 1.88. The maximum Gasteiger partial charge on any atom is 0.291 e. The number of rotatable bonds is 7. The van der Waals surface area contributed by atoms with E-state index in [1.165, 1.54) is 6.07 Å². The molecule has 132 valence electrons. The number of carbonyl (C=O) groups is 2. The lowest BCUT2D eigenvalue weighted by molar-refractivity contribution is -0.117. The molecule has 25 heavy (non-hydrogen) atoms. The third-order valence-electron chi connectivity index (χ3n) is 3.09. The maximum atomic E-state index is 12.3. The van der Waals surface area contributed by atoms with Gasteiger partial charge in [0.15, 0.2) is 10.4 Å². The fraction of sp³-hybridized carbons (Fsp3) is 0.176. The summed E-state index contributed by atoms with van der Waals surface area (Å²) in [5.41, 5.74) is 0.828. The van der Waals surface area contributed by atoms with E-state index in [4.69, 9.17) is 9.52 Å². The van der Waals surface area contributed by atoms with Gasteiger partial charge in [0.2, 0.25) is 0 Å². The second kappa shape index (κ2) is 9.55. The van der Waals surface area contributed by atoms with Gasteiger partial charge in [-0.3, -0.25) is 9.59 Å². The summed E-state index contributed by atoms with van der Waals surface area (Å²) >= 11 is 6.48. The molecule has 3 N–H and O–H groups in total. The second-order valence-corrected chi connectivity index (χ2v) is 6.70. The van der Waals surface area contributed by atoms with E-state index in [2.05, 4.69) is 42.5 Å². The first kappa shape index (κ1) is 19.4. The lowest BCUT2D eigenvalue weighted by Crippen LogP contribution is -2.35. The smallest absolute Gasteiger partial charge is 0.291 e. The molecule has 0 aliphatic rings. The highest BCUT2D eigenvalue weighted by molar-refractivity contribution is 9.10. The highest BCUT2D eigenvalue weighted by atomic mass is 79.9. The van der Waals surface area contributed by atoms with Gasteiger partial charge in [-0.05, 0) is 58.3 Å². The van der Waals surface area contributed by atoms with Crippen LogP contribution < -0.4 is 10.6 Å². The number of furan rings is 1. The van der Waals surface area contributed by atoms with Crippen LogP contribution in [0.2, 0.25) is 0 Å². The Morgan fingerprint density at radius 3 is 2.44 bits per heavy atom. The van der Waals surface area contributed by atoms with Crippen molar-refractivity contribution in [3.63, 3.8) is 0 Å². The molecule has 0 saturated carbocycles. The van der Waals surface area contributed by atoms with E-state index in [1.54, 1.807) is 24.3 Å². The van der Waals surface area contributed by atoms with Gasteiger partial charge in [0, 0.05) is 17.6 Å². The van der Waals surface area contributed by atoms with E-state index in [9.17, 15) is 9.59 Å². The number of aliphatic hydroxyl groups is 1. The number of hydrogen-bond acceptors (Lipinski definition) is 4. The van der Waals surface area contributed by atoms with Crippen molar-refractivity contribution < 1.29 is 19.1 Å². The third-order valence-corrected chi connectivity index (χ3v) is 4.05. The Morgan fingerprint density at radius 2 is 1.84 bits per heavy atom. The lowest BCUT2D eigenvalue weighted by Gasteiger charge is -2.10. The molecule has 2 aromatic rings. The molecule has 0 atom stereocenters. The van der Waals surface area contributed by atoms with Crippen LogP contribution in [0.25, 0.3) is 6.08 Å². The van der Waals surface area contributed by atoms with Crippen LogP contribution in [-0.4, -0.2) is 30.1 Å². The molecule has 0 saturated heterocycles. The molecule has 1 aromatic carbocycles. The minimum atomic E-state index is -0.536. The standard InChI is InChI=1S/C17H16Br2N2O4/c18-12-4-2-11(3-5-12)10-13(16(23)20-8-1-9-22)21-17(24)14-6-7-15(19)25-14/h2-7,10,22H,1,8-9H2,(H,20,23)(H,21,24)/b13-10+. The Labute approximate surface area is 161 Å². The van der Waals surface area contributed by atoms with Crippen LogP contribution >= 0.6 is 31.9 Å². The van der Waals surface area contributed by atoms with Gasteiger partial charge in [0.05, 0.1) is 0 Å². The predicted molar refractivity (Wildman–Crippen MR) is 101 cm³/mol. The second-order valence-electron chi connectivity index (χ2n) is 5.00. The van der Waals surface area contributed by atoms with Gasteiger partial charge in [0.25, 0.3) is 11.8 Å². The topological polar surface area (TPSA) is 91.6 Å². The molecule has 0 fully saturated rings. The molecule has 0 bridgehead atoms. The number of aliphatic hydroxyl groups excluding tert-OH is 1. The van der Waals surface area contributed by atoms with Crippen LogP contribution in [0.5, 0.6) is 0 Å². The van der Waals surface area contributed by atoms with E-state index >= 15 is 0 Å². The molecule has 6 nitrogen and oxygen atoms in total. The first-order valence-electron chi connectivity index (χ1n) is 7.42. The number of halogens is 2. The van der Waals surface area contributed by atoms with Crippen molar-refractivity contribution in [1.82, 2.24) is 10.6 Å². The number of hydrogen-bond donors (Lipinski definition) is 3. The fourth-order valence-corrected chi connectivity index (χ4v) is 2.45. The summed E-state index contributed by atoms with van der Waals surface area (Å²) in [7, 11) is 0. The summed E-state index contributed by atoms with van der Waals surface area (Å²) in [6, 6.07) is 10.4. The minimum Gasteiger partial charge on any atom is -0.444 e. The SMILES string of the molecule is O=C(NCCCO)/C(=C\c1ccc(Br)cc1)NC(=O)c1ccc(Br)o1. The molecular weight excluding hydrogens is 456 g/mol. The van der Waals surface area contributed by atoms with Crippen molar-refractivity contribution in [2.75, 3.05) is 13.2 Å². The van der Waals surface area contributed by atoms with Crippen molar-refractivity contribution in [3.8, 4) is 0 Å². The number of amides is 2. The molecule has 0 unspecified atom stereocenters. The van der Waals surface area contributed by atoms with Crippen LogP contribution in [-0.2, 0) is 4.79 Å². The summed E-state index contributed by atoms with van der Waals surface area (Å²) in [5.74, 6) is -0.904. The number of benzene rings is 1. The molecule has 1 aromatic heterocycles. The zero-order valence-electron chi connectivity index (χ0n) is 13.1. The van der Waals surface area contributed by atoms with E-state index in [0.717, 1.165) is 10.0 Å². The van der Waals surface area contributed by atoms with Gasteiger partial charge < -0.3 is 20.2 Å². The van der Waals surface area contributed by atoms with Crippen LogP contribution in [0.4, 0.5) is 0 Å². The Balaban J connectivity index is 2.20. The highest BCUT2D eigenvalue weighted by Crippen LogP contribution is 2.15. The van der Waals surface area contributed by atoms with Crippen molar-refractivity contribution in [2.45, 2.75) is 6.42 Å². The van der Waals surface area contributed by atoms with Gasteiger partial charge in [-0.25, -0.2) is 0 Å². The molecule has 2 rings (SSSR count). The minimum absolute atomic E-state index is 0.0289. The summed E-state index contributed by atoms with van der Waals surface area (Å²) in [5, 5.41) is 14.0. The van der Waals surface area contributed by atoms with Crippen molar-refractivity contribution in [3.05, 3.63) is 62.6 Å². The van der Waals surface area contributed by atoms with Crippen molar-refractivity contribution in [2.24, 2.45) is 0 Å². The molecule has 0 aliphatic carbocycles. The molecule has 2 amide bonds. The zero-order valence-corrected chi connectivity index (χ0v) is 16.3. The first-order chi connectivity index (χ1) is 12.0. The maximum absolute atomic E-state index is 12.3.